The summed E-state index contributed by atoms with van der Waals surface area (Å²) in [7, 11) is 0. The molecular formula is C10H11BrO2. The van der Waals surface area contributed by atoms with Gasteiger partial charge in [0.05, 0.1) is 12.7 Å². The first kappa shape index (κ1) is 9.03. The molecule has 1 aromatic rings. The molecule has 1 heterocycles. The summed E-state index contributed by atoms with van der Waals surface area (Å²) in [5, 5.41) is 9.46. The highest BCUT2D eigenvalue weighted by Crippen LogP contribution is 2.34. The topological polar surface area (TPSA) is 29.5 Å². The van der Waals surface area contributed by atoms with E-state index < -0.39 is 6.10 Å². The monoisotopic (exact) mass is 242 g/mol. The summed E-state index contributed by atoms with van der Waals surface area (Å²) in [5.74, 6) is 0.941. The Morgan fingerprint density at radius 1 is 1.54 bits per heavy atom. The van der Waals surface area contributed by atoms with Crippen molar-refractivity contribution in [3.8, 4) is 5.75 Å². The van der Waals surface area contributed by atoms with Crippen LogP contribution >= 0.6 is 15.9 Å². The van der Waals surface area contributed by atoms with Crippen molar-refractivity contribution in [1.29, 1.82) is 0 Å². The summed E-state index contributed by atoms with van der Waals surface area (Å²) in [6.07, 6.45) is 0.516. The maximum absolute atomic E-state index is 9.46. The summed E-state index contributed by atoms with van der Waals surface area (Å²) >= 11 is 3.41. The first-order valence-corrected chi connectivity index (χ1v) is 5.11. The smallest absolute Gasteiger partial charge is 0.123 e. The molecule has 0 bridgehead atoms. The maximum atomic E-state index is 9.46. The molecule has 1 atom stereocenters. The lowest BCUT2D eigenvalue weighted by Gasteiger charge is -2.09. The number of aliphatic hydroxyl groups is 1. The zero-order chi connectivity index (χ0) is 9.42. The van der Waals surface area contributed by atoms with Gasteiger partial charge in [0.2, 0.25) is 0 Å². The van der Waals surface area contributed by atoms with Crippen molar-refractivity contribution in [2.75, 3.05) is 6.61 Å². The number of hydrogen-bond donors (Lipinski definition) is 1. The van der Waals surface area contributed by atoms with E-state index in [9.17, 15) is 5.11 Å². The molecule has 0 saturated carbocycles. The minimum absolute atomic E-state index is 0.430. The van der Waals surface area contributed by atoms with Crippen molar-refractivity contribution < 1.29 is 9.84 Å². The highest BCUT2D eigenvalue weighted by molar-refractivity contribution is 9.10. The van der Waals surface area contributed by atoms with Crippen LogP contribution in [0.5, 0.6) is 5.75 Å². The Kier molecular flexibility index (Phi) is 2.30. The molecule has 0 amide bonds. The van der Waals surface area contributed by atoms with Crippen LogP contribution in [0.1, 0.15) is 24.2 Å². The highest BCUT2D eigenvalue weighted by Gasteiger charge is 2.16. The summed E-state index contributed by atoms with van der Waals surface area (Å²) < 4.78 is 6.32. The molecule has 0 spiro atoms. The van der Waals surface area contributed by atoms with Gasteiger partial charge in [-0.15, -0.1) is 0 Å². The molecule has 0 fully saturated rings. The lowest BCUT2D eigenvalue weighted by atomic mass is 10.1. The molecule has 2 rings (SSSR count). The molecule has 1 aliphatic rings. The minimum atomic E-state index is -0.430. The fourth-order valence-electron chi connectivity index (χ4n) is 1.54. The Bertz CT molecular complexity index is 334. The largest absolute Gasteiger partial charge is 0.493 e. The van der Waals surface area contributed by atoms with Gasteiger partial charge in [-0.1, -0.05) is 15.9 Å². The van der Waals surface area contributed by atoms with E-state index in [2.05, 4.69) is 15.9 Å². The first-order chi connectivity index (χ1) is 6.18. The van der Waals surface area contributed by atoms with Crippen LogP contribution in [-0.4, -0.2) is 11.7 Å². The second kappa shape index (κ2) is 3.31. The van der Waals surface area contributed by atoms with E-state index in [1.807, 2.05) is 12.1 Å². The predicted octanol–water partition coefficient (Wildman–Crippen LogP) is 2.44. The third-order valence-electron chi connectivity index (χ3n) is 2.26. The van der Waals surface area contributed by atoms with E-state index in [4.69, 9.17) is 4.74 Å². The lowest BCUT2D eigenvalue weighted by molar-refractivity contribution is 0.198. The predicted molar refractivity (Wildman–Crippen MR) is 54.0 cm³/mol. The molecule has 13 heavy (non-hydrogen) atoms. The molecule has 70 valence electrons. The van der Waals surface area contributed by atoms with Crippen molar-refractivity contribution in [3.63, 3.8) is 0 Å². The van der Waals surface area contributed by atoms with Gasteiger partial charge in [-0.2, -0.15) is 0 Å². The second-order valence-electron chi connectivity index (χ2n) is 3.26. The van der Waals surface area contributed by atoms with Gasteiger partial charge < -0.3 is 9.84 Å². The summed E-state index contributed by atoms with van der Waals surface area (Å²) in [4.78, 5) is 0. The quantitative estimate of drug-likeness (QED) is 0.820. The van der Waals surface area contributed by atoms with Crippen molar-refractivity contribution in [1.82, 2.24) is 0 Å². The Labute approximate surface area is 85.7 Å². The van der Waals surface area contributed by atoms with Crippen LogP contribution < -0.4 is 4.74 Å². The number of hydrogen-bond acceptors (Lipinski definition) is 2. The van der Waals surface area contributed by atoms with Crippen LogP contribution in [0, 0.1) is 0 Å². The molecular weight excluding hydrogens is 232 g/mol. The summed E-state index contributed by atoms with van der Waals surface area (Å²) in [5.41, 5.74) is 2.13. The molecule has 0 aromatic heterocycles. The minimum Gasteiger partial charge on any atom is -0.493 e. The van der Waals surface area contributed by atoms with Gasteiger partial charge in [0.25, 0.3) is 0 Å². The van der Waals surface area contributed by atoms with Crippen LogP contribution in [-0.2, 0) is 6.42 Å². The highest BCUT2D eigenvalue weighted by atomic mass is 79.9. The lowest BCUT2D eigenvalue weighted by Crippen LogP contribution is -1.93. The summed E-state index contributed by atoms with van der Waals surface area (Å²) in [6.45, 7) is 2.52. The van der Waals surface area contributed by atoms with E-state index in [1.54, 1.807) is 6.92 Å². The van der Waals surface area contributed by atoms with E-state index in [-0.39, 0.29) is 0 Å². The van der Waals surface area contributed by atoms with Gasteiger partial charge >= 0.3 is 0 Å². The third-order valence-corrected chi connectivity index (χ3v) is 2.95. The number of halogens is 1. The molecule has 1 N–H and O–H groups in total. The third kappa shape index (κ3) is 1.58. The maximum Gasteiger partial charge on any atom is 0.123 e. The van der Waals surface area contributed by atoms with Gasteiger partial charge in [-0.3, -0.25) is 0 Å². The molecule has 0 unspecified atom stereocenters. The number of benzene rings is 1. The van der Waals surface area contributed by atoms with E-state index in [0.29, 0.717) is 0 Å². The molecule has 1 aromatic carbocycles. The van der Waals surface area contributed by atoms with Gasteiger partial charge in [0.1, 0.15) is 5.75 Å². The van der Waals surface area contributed by atoms with Crippen molar-refractivity contribution in [3.05, 3.63) is 27.7 Å². The van der Waals surface area contributed by atoms with Crippen LogP contribution in [0.15, 0.2) is 16.6 Å². The van der Waals surface area contributed by atoms with Crippen LogP contribution in [0.3, 0.4) is 0 Å². The average Bonchev–Trinajstić information content (AvgIpc) is 2.48. The zero-order valence-electron chi connectivity index (χ0n) is 7.38. The number of ether oxygens (including phenoxy) is 1. The molecule has 0 saturated heterocycles. The zero-order valence-corrected chi connectivity index (χ0v) is 8.97. The van der Waals surface area contributed by atoms with Gasteiger partial charge in [-0.05, 0) is 30.2 Å². The molecule has 1 aliphatic heterocycles. The average molecular weight is 243 g/mol. The van der Waals surface area contributed by atoms with Crippen LogP contribution in [0.25, 0.3) is 0 Å². The first-order valence-electron chi connectivity index (χ1n) is 4.31. The Morgan fingerprint density at radius 3 is 3.00 bits per heavy atom. The fourth-order valence-corrected chi connectivity index (χ4v) is 2.19. The summed E-state index contributed by atoms with van der Waals surface area (Å²) in [6, 6.07) is 3.95. The van der Waals surface area contributed by atoms with Gasteiger partial charge in [-0.25, -0.2) is 0 Å². The number of aliphatic hydroxyl groups excluding tert-OH is 1. The van der Waals surface area contributed by atoms with Gasteiger partial charge in [0, 0.05) is 10.9 Å². The Hall–Kier alpha value is -0.540. The normalized spacial score (nSPS) is 16.5. The molecule has 2 nitrogen and oxygen atoms in total. The van der Waals surface area contributed by atoms with Crippen LogP contribution in [0.2, 0.25) is 0 Å². The van der Waals surface area contributed by atoms with Crippen molar-refractivity contribution >= 4 is 15.9 Å². The molecule has 0 radical (unpaired) electrons. The number of rotatable bonds is 1. The SMILES string of the molecule is C[C@@H](O)c1cc2c(cc1Br)OCC2. The molecule has 3 heteroatoms. The van der Waals surface area contributed by atoms with E-state index >= 15 is 0 Å². The van der Waals surface area contributed by atoms with Crippen LogP contribution in [0.4, 0.5) is 0 Å². The number of fused-ring (bicyclic) bond motifs is 1. The second-order valence-corrected chi connectivity index (χ2v) is 4.11. The fraction of sp³-hybridized carbons (Fsp3) is 0.400. The standard InChI is InChI=1S/C10H11BrO2/c1-6(12)8-4-7-2-3-13-10(7)5-9(8)11/h4-6,12H,2-3H2,1H3/t6-/m1/s1. The molecule has 0 aliphatic carbocycles. The Morgan fingerprint density at radius 2 is 2.31 bits per heavy atom. The van der Waals surface area contributed by atoms with E-state index in [1.165, 1.54) is 5.56 Å². The van der Waals surface area contributed by atoms with Crippen molar-refractivity contribution in [2.45, 2.75) is 19.4 Å². The van der Waals surface area contributed by atoms with E-state index in [0.717, 1.165) is 28.8 Å². The Balaban J connectivity index is 2.49. The van der Waals surface area contributed by atoms with Gasteiger partial charge in [0.15, 0.2) is 0 Å². The van der Waals surface area contributed by atoms with Crippen molar-refractivity contribution in [2.24, 2.45) is 0 Å².